The molecular weight excluding hydrogens is 229 g/mol. The molecule has 0 fully saturated rings. The fourth-order valence-corrected chi connectivity index (χ4v) is 2.36. The van der Waals surface area contributed by atoms with Gasteiger partial charge in [0, 0.05) is 18.0 Å². The van der Waals surface area contributed by atoms with E-state index >= 15 is 0 Å². The van der Waals surface area contributed by atoms with Crippen LogP contribution >= 0.6 is 0 Å². The summed E-state index contributed by atoms with van der Waals surface area (Å²) < 4.78 is 18.9. The van der Waals surface area contributed by atoms with Gasteiger partial charge in [-0.3, -0.25) is 0 Å². The standard InChI is InChI=1S/C15H22FNO/c1-10(2)14(17)5-3-4-13-9-11-8-12(16)6-7-15(11)18-13/h6-8,10,13-14H,3-5,9,17H2,1-2H3. The minimum Gasteiger partial charge on any atom is -0.490 e. The maximum atomic E-state index is 13.1. The van der Waals surface area contributed by atoms with Crippen molar-refractivity contribution in [1.82, 2.24) is 0 Å². The molecule has 2 N–H and O–H groups in total. The van der Waals surface area contributed by atoms with Gasteiger partial charge in [0.15, 0.2) is 0 Å². The number of hydrogen-bond donors (Lipinski definition) is 1. The SMILES string of the molecule is CC(C)C(N)CCCC1Cc2cc(F)ccc2O1. The Kier molecular flexibility index (Phi) is 4.23. The Morgan fingerprint density at radius 1 is 1.44 bits per heavy atom. The molecule has 1 aliphatic heterocycles. The molecule has 0 saturated heterocycles. The van der Waals surface area contributed by atoms with E-state index in [2.05, 4.69) is 13.8 Å². The van der Waals surface area contributed by atoms with Crippen molar-refractivity contribution in [2.45, 2.75) is 51.7 Å². The molecule has 100 valence electrons. The molecule has 0 aliphatic carbocycles. The minimum atomic E-state index is -0.181. The van der Waals surface area contributed by atoms with Crippen LogP contribution in [0.25, 0.3) is 0 Å². The third-order valence-corrected chi connectivity index (χ3v) is 3.68. The van der Waals surface area contributed by atoms with Crippen LogP contribution < -0.4 is 10.5 Å². The van der Waals surface area contributed by atoms with Gasteiger partial charge < -0.3 is 10.5 Å². The molecule has 1 aliphatic rings. The lowest BCUT2D eigenvalue weighted by atomic mass is 9.97. The molecule has 1 aromatic rings. The van der Waals surface area contributed by atoms with Gasteiger partial charge >= 0.3 is 0 Å². The highest BCUT2D eigenvalue weighted by molar-refractivity contribution is 5.37. The van der Waals surface area contributed by atoms with Crippen molar-refractivity contribution in [3.63, 3.8) is 0 Å². The lowest BCUT2D eigenvalue weighted by Gasteiger charge is -2.16. The van der Waals surface area contributed by atoms with E-state index in [4.69, 9.17) is 10.5 Å². The van der Waals surface area contributed by atoms with Crippen molar-refractivity contribution < 1.29 is 9.13 Å². The van der Waals surface area contributed by atoms with Gasteiger partial charge in [-0.25, -0.2) is 4.39 Å². The van der Waals surface area contributed by atoms with Crippen molar-refractivity contribution in [2.75, 3.05) is 0 Å². The van der Waals surface area contributed by atoms with Gasteiger partial charge in [0.25, 0.3) is 0 Å². The number of nitrogens with two attached hydrogens (primary N) is 1. The summed E-state index contributed by atoms with van der Waals surface area (Å²) in [4.78, 5) is 0. The van der Waals surface area contributed by atoms with Crippen LogP contribution in [0.15, 0.2) is 18.2 Å². The Labute approximate surface area is 108 Å². The Balaban J connectivity index is 1.78. The maximum absolute atomic E-state index is 13.1. The highest BCUT2D eigenvalue weighted by Crippen LogP contribution is 2.31. The Morgan fingerprint density at radius 3 is 2.94 bits per heavy atom. The molecule has 0 amide bonds. The van der Waals surface area contributed by atoms with Crippen LogP contribution in [0.4, 0.5) is 4.39 Å². The molecule has 1 aromatic carbocycles. The van der Waals surface area contributed by atoms with E-state index in [1.165, 1.54) is 6.07 Å². The van der Waals surface area contributed by atoms with Gasteiger partial charge in [0.05, 0.1) is 0 Å². The van der Waals surface area contributed by atoms with Crippen molar-refractivity contribution in [3.05, 3.63) is 29.6 Å². The molecule has 2 atom stereocenters. The fraction of sp³-hybridized carbons (Fsp3) is 0.600. The van der Waals surface area contributed by atoms with E-state index in [-0.39, 0.29) is 18.0 Å². The largest absolute Gasteiger partial charge is 0.490 e. The number of halogens is 1. The van der Waals surface area contributed by atoms with E-state index in [1.54, 1.807) is 12.1 Å². The summed E-state index contributed by atoms with van der Waals surface area (Å²) >= 11 is 0. The second-order valence-electron chi connectivity index (χ2n) is 5.53. The van der Waals surface area contributed by atoms with E-state index in [9.17, 15) is 4.39 Å². The van der Waals surface area contributed by atoms with Gasteiger partial charge in [-0.1, -0.05) is 13.8 Å². The topological polar surface area (TPSA) is 35.2 Å². The lowest BCUT2D eigenvalue weighted by Crippen LogP contribution is -2.26. The van der Waals surface area contributed by atoms with Crippen LogP contribution in [0, 0.1) is 11.7 Å². The average molecular weight is 251 g/mol. The molecule has 0 spiro atoms. The average Bonchev–Trinajstić information content (AvgIpc) is 2.70. The van der Waals surface area contributed by atoms with Crippen molar-refractivity contribution in [2.24, 2.45) is 11.7 Å². The third-order valence-electron chi connectivity index (χ3n) is 3.68. The van der Waals surface area contributed by atoms with E-state index in [0.717, 1.165) is 37.0 Å². The Morgan fingerprint density at radius 2 is 2.22 bits per heavy atom. The molecule has 1 heterocycles. The Hall–Kier alpha value is -1.09. The normalized spacial score (nSPS) is 19.7. The van der Waals surface area contributed by atoms with Crippen LogP contribution in [-0.4, -0.2) is 12.1 Å². The first-order valence-electron chi connectivity index (χ1n) is 6.77. The van der Waals surface area contributed by atoms with Gasteiger partial charge in [-0.2, -0.15) is 0 Å². The summed E-state index contributed by atoms with van der Waals surface area (Å²) in [6.07, 6.45) is 4.12. The predicted octanol–water partition coefficient (Wildman–Crippen LogP) is 3.28. The van der Waals surface area contributed by atoms with E-state index in [0.29, 0.717) is 5.92 Å². The molecule has 3 heteroatoms. The molecular formula is C15H22FNO. The van der Waals surface area contributed by atoms with E-state index in [1.807, 2.05) is 0 Å². The van der Waals surface area contributed by atoms with Gasteiger partial charge in [0.2, 0.25) is 0 Å². The molecule has 0 bridgehead atoms. The van der Waals surface area contributed by atoms with Crippen LogP contribution in [-0.2, 0) is 6.42 Å². The zero-order valence-corrected chi connectivity index (χ0v) is 11.2. The number of fused-ring (bicyclic) bond motifs is 1. The summed E-state index contributed by atoms with van der Waals surface area (Å²) in [6, 6.07) is 5.03. The zero-order chi connectivity index (χ0) is 13.1. The fourth-order valence-electron chi connectivity index (χ4n) is 2.36. The maximum Gasteiger partial charge on any atom is 0.123 e. The van der Waals surface area contributed by atoms with Gasteiger partial charge in [0.1, 0.15) is 17.7 Å². The second-order valence-corrected chi connectivity index (χ2v) is 5.53. The van der Waals surface area contributed by atoms with Crippen molar-refractivity contribution >= 4 is 0 Å². The molecule has 2 rings (SSSR count). The van der Waals surface area contributed by atoms with Gasteiger partial charge in [-0.05, 0) is 43.4 Å². The number of ether oxygens (including phenoxy) is 1. The number of hydrogen-bond acceptors (Lipinski definition) is 2. The van der Waals surface area contributed by atoms with Crippen LogP contribution in [0.1, 0.15) is 38.7 Å². The molecule has 0 saturated carbocycles. The molecule has 2 unspecified atom stereocenters. The minimum absolute atomic E-state index is 0.181. The summed E-state index contributed by atoms with van der Waals surface area (Å²) in [6.45, 7) is 4.30. The summed E-state index contributed by atoms with van der Waals surface area (Å²) in [7, 11) is 0. The molecule has 0 aromatic heterocycles. The first-order valence-corrected chi connectivity index (χ1v) is 6.77. The lowest BCUT2D eigenvalue weighted by molar-refractivity contribution is 0.214. The predicted molar refractivity (Wildman–Crippen MR) is 71.2 cm³/mol. The van der Waals surface area contributed by atoms with Crippen LogP contribution in [0.2, 0.25) is 0 Å². The van der Waals surface area contributed by atoms with Crippen LogP contribution in [0.5, 0.6) is 5.75 Å². The van der Waals surface area contributed by atoms with Gasteiger partial charge in [-0.15, -0.1) is 0 Å². The highest BCUT2D eigenvalue weighted by Gasteiger charge is 2.23. The van der Waals surface area contributed by atoms with Crippen LogP contribution in [0.3, 0.4) is 0 Å². The number of rotatable bonds is 5. The zero-order valence-electron chi connectivity index (χ0n) is 11.2. The second kappa shape index (κ2) is 5.70. The smallest absolute Gasteiger partial charge is 0.123 e. The quantitative estimate of drug-likeness (QED) is 0.871. The monoisotopic (exact) mass is 251 g/mol. The summed E-state index contributed by atoms with van der Waals surface area (Å²) in [5.41, 5.74) is 7.01. The van der Waals surface area contributed by atoms with Crippen molar-refractivity contribution in [1.29, 1.82) is 0 Å². The molecule has 18 heavy (non-hydrogen) atoms. The van der Waals surface area contributed by atoms with Crippen molar-refractivity contribution in [3.8, 4) is 5.75 Å². The third kappa shape index (κ3) is 3.22. The molecule has 2 nitrogen and oxygen atoms in total. The number of benzene rings is 1. The van der Waals surface area contributed by atoms with E-state index < -0.39 is 0 Å². The first kappa shape index (κ1) is 13.3. The Bertz CT molecular complexity index is 405. The molecule has 0 radical (unpaired) electrons. The summed E-state index contributed by atoms with van der Waals surface area (Å²) in [5, 5.41) is 0. The summed E-state index contributed by atoms with van der Waals surface area (Å²) in [5.74, 6) is 1.19. The first-order chi connectivity index (χ1) is 8.56. The highest BCUT2D eigenvalue weighted by atomic mass is 19.1.